The zero-order chi connectivity index (χ0) is 21.4. The predicted molar refractivity (Wildman–Crippen MR) is 117 cm³/mol. The third-order valence-corrected chi connectivity index (χ3v) is 7.94. The van der Waals surface area contributed by atoms with Gasteiger partial charge in [-0.1, -0.05) is 36.9 Å². The lowest BCUT2D eigenvalue weighted by molar-refractivity contribution is -0.113. The fourth-order valence-corrected chi connectivity index (χ4v) is 5.58. The second kappa shape index (κ2) is 10.8. The molecule has 2 N–H and O–H groups in total. The molecule has 0 aliphatic heterocycles. The molecule has 1 heterocycles. The molecule has 0 fully saturated rings. The van der Waals surface area contributed by atoms with Crippen LogP contribution in [0.2, 0.25) is 0 Å². The number of hydrogen-bond acceptors (Lipinski definition) is 9. The number of amides is 1. The van der Waals surface area contributed by atoms with Crippen LogP contribution in [0, 0.1) is 0 Å². The molecule has 1 aromatic carbocycles. The van der Waals surface area contributed by atoms with Crippen LogP contribution >= 0.6 is 23.1 Å². The van der Waals surface area contributed by atoms with Crippen molar-refractivity contribution in [1.29, 1.82) is 0 Å². The summed E-state index contributed by atoms with van der Waals surface area (Å²) < 4.78 is 33.5. The third kappa shape index (κ3) is 6.04. The van der Waals surface area contributed by atoms with Crippen molar-refractivity contribution in [2.45, 2.75) is 30.0 Å². The minimum Gasteiger partial charge on any atom is -0.492 e. The van der Waals surface area contributed by atoms with Crippen LogP contribution in [-0.4, -0.2) is 61.3 Å². The molecule has 2 aromatic rings. The van der Waals surface area contributed by atoms with E-state index in [1.165, 1.54) is 33.5 Å². The van der Waals surface area contributed by atoms with Crippen molar-refractivity contribution in [2.24, 2.45) is 0 Å². The maximum absolute atomic E-state index is 13.0. The molecule has 0 aliphatic carbocycles. The van der Waals surface area contributed by atoms with Crippen LogP contribution < -0.4 is 15.4 Å². The molecule has 29 heavy (non-hydrogen) atoms. The molecule has 0 radical (unpaired) electrons. The zero-order valence-corrected chi connectivity index (χ0v) is 19.2. The number of benzene rings is 1. The monoisotopic (exact) mass is 459 g/mol. The van der Waals surface area contributed by atoms with Gasteiger partial charge in [-0.05, 0) is 25.1 Å². The topological polar surface area (TPSA) is 114 Å². The molecule has 0 saturated carbocycles. The average molecular weight is 460 g/mol. The van der Waals surface area contributed by atoms with E-state index in [1.807, 2.05) is 0 Å². The van der Waals surface area contributed by atoms with Crippen LogP contribution in [-0.2, 0) is 14.8 Å². The van der Waals surface area contributed by atoms with Crippen molar-refractivity contribution < 1.29 is 17.9 Å². The number of aromatic nitrogens is 2. The van der Waals surface area contributed by atoms with Crippen molar-refractivity contribution in [3.05, 3.63) is 18.2 Å². The van der Waals surface area contributed by atoms with E-state index in [4.69, 9.17) is 4.74 Å². The molecule has 160 valence electrons. The van der Waals surface area contributed by atoms with E-state index in [-0.39, 0.29) is 22.3 Å². The van der Waals surface area contributed by atoms with Gasteiger partial charge in [0.15, 0.2) is 4.34 Å². The van der Waals surface area contributed by atoms with Gasteiger partial charge in [0.1, 0.15) is 10.6 Å². The second-order valence-corrected chi connectivity index (χ2v) is 9.75. The summed E-state index contributed by atoms with van der Waals surface area (Å²) in [4.78, 5) is 12.3. The Morgan fingerprint density at radius 1 is 1.24 bits per heavy atom. The number of hydrogen-bond donors (Lipinski definition) is 2. The van der Waals surface area contributed by atoms with E-state index in [0.717, 1.165) is 0 Å². The van der Waals surface area contributed by atoms with Crippen LogP contribution in [0.3, 0.4) is 0 Å². The highest BCUT2D eigenvalue weighted by Gasteiger charge is 2.26. The standard InChI is InChI=1S/C17H25N5O4S3/c1-5-22(6-2)29(24,25)14-10-12(8-9-13(14)26-7-3)19-15(23)11-27-17-21-20-16(18-4)28-17/h8-10H,5-7,11H2,1-4H3,(H,18,20)(H,19,23). The molecule has 0 atom stereocenters. The summed E-state index contributed by atoms with van der Waals surface area (Å²) in [5, 5.41) is 14.2. The molecule has 0 bridgehead atoms. The number of rotatable bonds is 11. The summed E-state index contributed by atoms with van der Waals surface area (Å²) >= 11 is 2.61. The number of nitrogens with one attached hydrogen (secondary N) is 2. The molecule has 12 heteroatoms. The Labute approximate surface area is 179 Å². The highest BCUT2D eigenvalue weighted by Crippen LogP contribution is 2.30. The van der Waals surface area contributed by atoms with Crippen LogP contribution in [0.4, 0.5) is 10.8 Å². The Hall–Kier alpha value is -1.89. The third-order valence-electron chi connectivity index (χ3n) is 3.80. The molecule has 0 unspecified atom stereocenters. The van der Waals surface area contributed by atoms with Gasteiger partial charge in [-0.15, -0.1) is 10.2 Å². The smallest absolute Gasteiger partial charge is 0.246 e. The van der Waals surface area contributed by atoms with E-state index in [1.54, 1.807) is 40.0 Å². The average Bonchev–Trinajstić information content (AvgIpc) is 3.16. The number of anilines is 2. The molecular formula is C17H25N5O4S3. The largest absolute Gasteiger partial charge is 0.492 e. The van der Waals surface area contributed by atoms with Crippen LogP contribution in [0.1, 0.15) is 20.8 Å². The second-order valence-electron chi connectivity index (χ2n) is 5.64. The van der Waals surface area contributed by atoms with E-state index in [9.17, 15) is 13.2 Å². The Kier molecular flexibility index (Phi) is 8.68. The molecular weight excluding hydrogens is 434 g/mol. The minimum atomic E-state index is -3.74. The Balaban J connectivity index is 2.17. The molecule has 1 aromatic heterocycles. The number of carbonyl (C=O) groups is 1. The number of thioether (sulfide) groups is 1. The van der Waals surface area contributed by atoms with Gasteiger partial charge in [0.2, 0.25) is 21.1 Å². The SMILES string of the molecule is CCOc1ccc(NC(=O)CSc2nnc(NC)s2)cc1S(=O)(=O)N(CC)CC. The Morgan fingerprint density at radius 3 is 2.55 bits per heavy atom. The first-order chi connectivity index (χ1) is 13.8. The fourth-order valence-electron chi connectivity index (χ4n) is 2.46. The molecule has 0 saturated heterocycles. The van der Waals surface area contributed by atoms with Crippen LogP contribution in [0.5, 0.6) is 5.75 Å². The van der Waals surface area contributed by atoms with E-state index < -0.39 is 10.0 Å². The number of ether oxygens (including phenoxy) is 1. The van der Waals surface area contributed by atoms with Crippen molar-refractivity contribution in [3.8, 4) is 5.75 Å². The van der Waals surface area contributed by atoms with Crippen LogP contribution in [0.25, 0.3) is 0 Å². The van der Waals surface area contributed by atoms with Crippen molar-refractivity contribution in [1.82, 2.24) is 14.5 Å². The molecule has 0 aliphatic rings. The summed E-state index contributed by atoms with van der Waals surface area (Å²) in [5.74, 6) is 0.121. The lowest BCUT2D eigenvalue weighted by Crippen LogP contribution is -2.31. The summed E-state index contributed by atoms with van der Waals surface area (Å²) in [7, 11) is -1.99. The maximum atomic E-state index is 13.0. The molecule has 2 rings (SSSR count). The van der Waals surface area contributed by atoms with Gasteiger partial charge in [0.05, 0.1) is 12.4 Å². The van der Waals surface area contributed by atoms with Gasteiger partial charge >= 0.3 is 0 Å². The highest BCUT2D eigenvalue weighted by atomic mass is 32.2. The van der Waals surface area contributed by atoms with Crippen LogP contribution in [0.15, 0.2) is 27.4 Å². The fraction of sp³-hybridized carbons (Fsp3) is 0.471. The summed E-state index contributed by atoms with van der Waals surface area (Å²) in [6.45, 7) is 6.35. The van der Waals surface area contributed by atoms with E-state index in [0.29, 0.717) is 34.9 Å². The molecule has 9 nitrogen and oxygen atoms in total. The summed E-state index contributed by atoms with van der Waals surface area (Å²) in [5.41, 5.74) is 0.387. The Bertz CT molecular complexity index is 929. The zero-order valence-electron chi connectivity index (χ0n) is 16.8. The van der Waals surface area contributed by atoms with Gasteiger partial charge < -0.3 is 15.4 Å². The van der Waals surface area contributed by atoms with Gasteiger partial charge in [-0.3, -0.25) is 4.79 Å². The normalized spacial score (nSPS) is 11.5. The summed E-state index contributed by atoms with van der Waals surface area (Å²) in [6.07, 6.45) is 0. The van der Waals surface area contributed by atoms with Gasteiger partial charge in [0, 0.05) is 25.8 Å². The predicted octanol–water partition coefficient (Wildman–Crippen LogP) is 2.74. The van der Waals surface area contributed by atoms with Crippen molar-refractivity contribution in [2.75, 3.05) is 43.1 Å². The highest BCUT2D eigenvalue weighted by molar-refractivity contribution is 8.01. The first-order valence-electron chi connectivity index (χ1n) is 9.06. The summed E-state index contributed by atoms with van der Waals surface area (Å²) in [6, 6.07) is 4.62. The number of nitrogens with zero attached hydrogens (tertiary/aromatic N) is 3. The van der Waals surface area contributed by atoms with E-state index in [2.05, 4.69) is 20.8 Å². The van der Waals surface area contributed by atoms with E-state index >= 15 is 0 Å². The first kappa shape index (κ1) is 23.4. The Morgan fingerprint density at radius 2 is 1.97 bits per heavy atom. The minimum absolute atomic E-state index is 0.0382. The van der Waals surface area contributed by atoms with Gasteiger partial charge in [0.25, 0.3) is 0 Å². The molecule has 1 amide bonds. The first-order valence-corrected chi connectivity index (χ1v) is 12.3. The van der Waals surface area contributed by atoms with Crippen molar-refractivity contribution in [3.63, 3.8) is 0 Å². The van der Waals surface area contributed by atoms with Gasteiger partial charge in [-0.25, -0.2) is 8.42 Å². The van der Waals surface area contributed by atoms with Crippen molar-refractivity contribution >= 4 is 49.8 Å². The lowest BCUT2D eigenvalue weighted by Gasteiger charge is -2.21. The number of carbonyl (C=O) groups excluding carboxylic acids is 1. The maximum Gasteiger partial charge on any atom is 0.246 e. The quantitative estimate of drug-likeness (QED) is 0.493. The van der Waals surface area contributed by atoms with Gasteiger partial charge in [-0.2, -0.15) is 4.31 Å². The lowest BCUT2D eigenvalue weighted by atomic mass is 10.3. The number of sulfonamides is 1. The molecule has 0 spiro atoms.